The lowest BCUT2D eigenvalue weighted by molar-refractivity contribution is 0.243. The first-order valence-electron chi connectivity index (χ1n) is 7.07. The van der Waals surface area contributed by atoms with Crippen LogP contribution >= 0.6 is 11.6 Å². The minimum atomic E-state index is 0.229. The molecule has 1 saturated heterocycles. The predicted molar refractivity (Wildman–Crippen MR) is 84.9 cm³/mol. The molecule has 7 heteroatoms. The van der Waals surface area contributed by atoms with E-state index in [0.29, 0.717) is 16.6 Å². The molecule has 0 saturated carbocycles. The summed E-state index contributed by atoms with van der Waals surface area (Å²) in [6.45, 7) is 1.70. The summed E-state index contributed by atoms with van der Waals surface area (Å²) in [7, 11) is 4.15. The van der Waals surface area contributed by atoms with Gasteiger partial charge in [0.05, 0.1) is 28.9 Å². The highest BCUT2D eigenvalue weighted by Crippen LogP contribution is 2.31. The fourth-order valence-corrected chi connectivity index (χ4v) is 3.15. The van der Waals surface area contributed by atoms with Crippen LogP contribution in [0.4, 0.5) is 5.69 Å². The largest absolute Gasteiger partial charge is 0.368 e. The molecule has 0 spiro atoms. The minimum Gasteiger partial charge on any atom is -0.368 e. The topological polar surface area (TPSA) is 61.0 Å². The minimum absolute atomic E-state index is 0.229. The van der Waals surface area contributed by atoms with E-state index in [1.807, 2.05) is 23.0 Å². The number of likely N-dealkylation sites (N-methyl/N-ethyl adjacent to an activating group) is 1. The Kier molecular flexibility index (Phi) is 4.01. The fraction of sp³-hybridized carbons (Fsp3) is 0.400. The van der Waals surface area contributed by atoms with Crippen molar-refractivity contribution in [2.24, 2.45) is 0 Å². The van der Waals surface area contributed by atoms with Crippen molar-refractivity contribution >= 4 is 17.3 Å². The molecule has 0 radical (unpaired) electrons. The molecule has 0 aliphatic carbocycles. The van der Waals surface area contributed by atoms with Crippen LogP contribution in [0.2, 0.25) is 5.02 Å². The number of aromatic nitrogens is 3. The van der Waals surface area contributed by atoms with Crippen molar-refractivity contribution in [2.75, 3.05) is 32.1 Å². The van der Waals surface area contributed by atoms with Gasteiger partial charge in [0.1, 0.15) is 6.07 Å². The van der Waals surface area contributed by atoms with Crippen LogP contribution in [0.15, 0.2) is 30.6 Å². The van der Waals surface area contributed by atoms with Gasteiger partial charge in [-0.05, 0) is 32.3 Å². The molecule has 3 rings (SSSR count). The lowest BCUT2D eigenvalue weighted by atomic mass is 10.1. The first-order chi connectivity index (χ1) is 10.6. The predicted octanol–water partition coefficient (Wildman–Crippen LogP) is 1.79. The van der Waals surface area contributed by atoms with Crippen LogP contribution in [0, 0.1) is 11.3 Å². The van der Waals surface area contributed by atoms with Gasteiger partial charge in [0.2, 0.25) is 0 Å². The molecule has 1 fully saturated rings. The summed E-state index contributed by atoms with van der Waals surface area (Å²) in [5.74, 6) is 0. The van der Waals surface area contributed by atoms with E-state index in [-0.39, 0.29) is 6.04 Å². The monoisotopic (exact) mass is 316 g/mol. The Bertz CT molecular complexity index is 691. The highest BCUT2D eigenvalue weighted by molar-refractivity contribution is 6.32. The Morgan fingerprint density at radius 3 is 2.77 bits per heavy atom. The van der Waals surface area contributed by atoms with Crippen molar-refractivity contribution in [3.05, 3.63) is 41.2 Å². The molecule has 22 heavy (non-hydrogen) atoms. The van der Waals surface area contributed by atoms with Gasteiger partial charge in [0.25, 0.3) is 0 Å². The van der Waals surface area contributed by atoms with Crippen LogP contribution in [0.1, 0.15) is 11.6 Å². The van der Waals surface area contributed by atoms with Crippen LogP contribution < -0.4 is 4.90 Å². The summed E-state index contributed by atoms with van der Waals surface area (Å²) in [5, 5.41) is 17.5. The summed E-state index contributed by atoms with van der Waals surface area (Å²) < 4.78 is 1.91. The summed E-state index contributed by atoms with van der Waals surface area (Å²) in [4.78, 5) is 4.47. The molecule has 0 unspecified atom stereocenters. The average molecular weight is 317 g/mol. The highest BCUT2D eigenvalue weighted by atomic mass is 35.5. The molecule has 1 aliphatic rings. The molecule has 0 bridgehead atoms. The number of benzene rings is 1. The quantitative estimate of drug-likeness (QED) is 0.864. The molecular weight excluding hydrogens is 300 g/mol. The standard InChI is InChI=1S/C15H17ClN6/c1-20(2)14-9-21(10-15(14)22-6-5-18-19-22)12-4-3-11(8-17)13(16)7-12/h3-7,14-15H,9-10H2,1-2H3/t14-,15+/m1/s1. The summed E-state index contributed by atoms with van der Waals surface area (Å²) >= 11 is 6.16. The van der Waals surface area contributed by atoms with E-state index in [2.05, 4.69) is 40.3 Å². The molecule has 1 aromatic heterocycles. The zero-order valence-electron chi connectivity index (χ0n) is 12.5. The third kappa shape index (κ3) is 2.65. The van der Waals surface area contributed by atoms with Crippen molar-refractivity contribution in [3.8, 4) is 6.07 Å². The van der Waals surface area contributed by atoms with Gasteiger partial charge in [-0.1, -0.05) is 16.8 Å². The Morgan fingerprint density at radius 1 is 1.36 bits per heavy atom. The van der Waals surface area contributed by atoms with Crippen molar-refractivity contribution in [1.29, 1.82) is 5.26 Å². The molecule has 1 aromatic carbocycles. The summed E-state index contributed by atoms with van der Waals surface area (Å²) in [6, 6.07) is 8.22. The number of anilines is 1. The van der Waals surface area contributed by atoms with E-state index in [1.165, 1.54) is 0 Å². The van der Waals surface area contributed by atoms with Gasteiger partial charge in [-0.25, -0.2) is 4.68 Å². The zero-order valence-corrected chi connectivity index (χ0v) is 13.3. The van der Waals surface area contributed by atoms with E-state index in [0.717, 1.165) is 18.8 Å². The van der Waals surface area contributed by atoms with E-state index >= 15 is 0 Å². The van der Waals surface area contributed by atoms with Crippen LogP contribution in [0.25, 0.3) is 0 Å². The van der Waals surface area contributed by atoms with E-state index in [9.17, 15) is 0 Å². The van der Waals surface area contributed by atoms with E-state index < -0.39 is 0 Å². The van der Waals surface area contributed by atoms with Gasteiger partial charge >= 0.3 is 0 Å². The number of nitriles is 1. The lowest BCUT2D eigenvalue weighted by Gasteiger charge is -2.24. The second kappa shape index (κ2) is 5.95. The van der Waals surface area contributed by atoms with Crippen LogP contribution in [0.5, 0.6) is 0 Å². The number of hydrogen-bond acceptors (Lipinski definition) is 5. The Morgan fingerprint density at radius 2 is 2.18 bits per heavy atom. The van der Waals surface area contributed by atoms with Crippen LogP contribution in [-0.4, -0.2) is 53.1 Å². The second-order valence-corrected chi connectivity index (χ2v) is 6.07. The van der Waals surface area contributed by atoms with Gasteiger partial charge in [-0.15, -0.1) is 5.10 Å². The zero-order chi connectivity index (χ0) is 15.7. The SMILES string of the molecule is CN(C)[C@@H]1CN(c2ccc(C#N)c(Cl)c2)C[C@@H]1n1ccnn1. The third-order valence-electron chi connectivity index (χ3n) is 4.14. The molecule has 2 aromatic rings. The van der Waals surface area contributed by atoms with Crippen molar-refractivity contribution in [2.45, 2.75) is 12.1 Å². The summed E-state index contributed by atoms with van der Waals surface area (Å²) in [5.41, 5.74) is 1.53. The maximum Gasteiger partial charge on any atom is 0.101 e. The van der Waals surface area contributed by atoms with Crippen LogP contribution in [0.3, 0.4) is 0 Å². The molecule has 0 amide bonds. The van der Waals surface area contributed by atoms with E-state index in [1.54, 1.807) is 12.3 Å². The molecule has 1 aliphatic heterocycles. The summed E-state index contributed by atoms with van der Waals surface area (Å²) in [6.07, 6.45) is 3.60. The second-order valence-electron chi connectivity index (χ2n) is 5.66. The van der Waals surface area contributed by atoms with Crippen molar-refractivity contribution in [3.63, 3.8) is 0 Å². The molecule has 2 atom stereocenters. The smallest absolute Gasteiger partial charge is 0.101 e. The molecule has 0 N–H and O–H groups in total. The lowest BCUT2D eigenvalue weighted by Crippen LogP contribution is -2.36. The van der Waals surface area contributed by atoms with Crippen molar-refractivity contribution in [1.82, 2.24) is 19.9 Å². The first-order valence-corrected chi connectivity index (χ1v) is 7.45. The van der Waals surface area contributed by atoms with Crippen LogP contribution in [-0.2, 0) is 0 Å². The Labute approximate surface area is 134 Å². The van der Waals surface area contributed by atoms with Gasteiger partial charge < -0.3 is 9.80 Å². The number of rotatable bonds is 3. The maximum absolute atomic E-state index is 8.98. The first kappa shape index (κ1) is 14.8. The van der Waals surface area contributed by atoms with Gasteiger partial charge in [-0.3, -0.25) is 0 Å². The number of halogens is 1. The van der Waals surface area contributed by atoms with Gasteiger partial charge in [-0.2, -0.15) is 5.26 Å². The molecule has 6 nitrogen and oxygen atoms in total. The third-order valence-corrected chi connectivity index (χ3v) is 4.45. The van der Waals surface area contributed by atoms with Gasteiger partial charge in [0, 0.05) is 25.0 Å². The normalized spacial score (nSPS) is 21.3. The molecule has 2 heterocycles. The van der Waals surface area contributed by atoms with Gasteiger partial charge in [0.15, 0.2) is 0 Å². The molecule has 114 valence electrons. The average Bonchev–Trinajstić information content (AvgIpc) is 3.16. The number of nitrogens with zero attached hydrogens (tertiary/aromatic N) is 6. The number of hydrogen-bond donors (Lipinski definition) is 0. The molecular formula is C15H17ClN6. The maximum atomic E-state index is 8.98. The Balaban J connectivity index is 1.88. The van der Waals surface area contributed by atoms with E-state index in [4.69, 9.17) is 16.9 Å². The Hall–Kier alpha value is -2.10. The highest BCUT2D eigenvalue weighted by Gasteiger charge is 2.36. The fourth-order valence-electron chi connectivity index (χ4n) is 2.93. The van der Waals surface area contributed by atoms with Crippen molar-refractivity contribution < 1.29 is 0 Å².